The first-order chi connectivity index (χ1) is 9.80. The number of carbonyl (C=O) groups is 1. The number of aromatic nitrogens is 1. The van der Waals surface area contributed by atoms with E-state index in [2.05, 4.69) is 10.6 Å². The maximum atomic E-state index is 10.8. The van der Waals surface area contributed by atoms with Gasteiger partial charge in [-0.05, 0) is 42.0 Å². The number of benzene rings is 2. The van der Waals surface area contributed by atoms with Crippen molar-refractivity contribution in [3.63, 3.8) is 0 Å². The van der Waals surface area contributed by atoms with Crippen molar-refractivity contribution in [2.45, 2.75) is 6.54 Å². The highest BCUT2D eigenvalue weighted by atomic mass is 16.1. The number of aldehydes is 1. The van der Waals surface area contributed by atoms with Gasteiger partial charge in [-0.3, -0.25) is 4.79 Å². The number of hydrogen-bond donors (Lipinski definition) is 0. The zero-order chi connectivity index (χ0) is 13.9. The fourth-order valence-electron chi connectivity index (χ4n) is 2.31. The number of rotatable bonds is 3. The Kier molecular flexibility index (Phi) is 3.06. The predicted molar refractivity (Wildman–Crippen MR) is 77.6 cm³/mol. The molecule has 3 aromatic rings. The molecule has 0 aliphatic carbocycles. The van der Waals surface area contributed by atoms with Gasteiger partial charge in [-0.25, -0.2) is 0 Å². The van der Waals surface area contributed by atoms with Crippen LogP contribution in [-0.4, -0.2) is 10.9 Å². The molecule has 0 atom stereocenters. The molecule has 3 rings (SSSR count). The normalized spacial score (nSPS) is 10.3. The molecule has 2 aromatic carbocycles. The van der Waals surface area contributed by atoms with Crippen LogP contribution < -0.4 is 0 Å². The quantitative estimate of drug-likeness (QED) is 0.678. The highest BCUT2D eigenvalue weighted by Gasteiger charge is 2.03. The van der Waals surface area contributed by atoms with Crippen LogP contribution in [0.3, 0.4) is 0 Å². The van der Waals surface area contributed by atoms with E-state index in [4.69, 9.17) is 5.26 Å². The van der Waals surface area contributed by atoms with Crippen molar-refractivity contribution in [3.05, 3.63) is 71.4 Å². The van der Waals surface area contributed by atoms with E-state index in [1.807, 2.05) is 54.7 Å². The van der Waals surface area contributed by atoms with Crippen molar-refractivity contribution < 1.29 is 4.79 Å². The maximum absolute atomic E-state index is 10.8. The van der Waals surface area contributed by atoms with E-state index in [0.29, 0.717) is 11.1 Å². The molecule has 96 valence electrons. The Labute approximate surface area is 116 Å². The lowest BCUT2D eigenvalue weighted by molar-refractivity contribution is 0.112. The SMILES string of the molecule is N#Cc1ccc(Cn2ccc3cc(C=O)ccc32)cc1. The molecular weight excluding hydrogens is 248 g/mol. The molecule has 0 aliphatic heterocycles. The lowest BCUT2D eigenvalue weighted by atomic mass is 10.1. The third-order valence-electron chi connectivity index (χ3n) is 3.37. The van der Waals surface area contributed by atoms with Crippen LogP contribution in [0.15, 0.2) is 54.7 Å². The zero-order valence-corrected chi connectivity index (χ0v) is 10.8. The molecule has 3 heteroatoms. The summed E-state index contributed by atoms with van der Waals surface area (Å²) in [6.07, 6.45) is 2.87. The van der Waals surface area contributed by atoms with E-state index in [0.717, 1.165) is 29.3 Å². The molecule has 1 aromatic heterocycles. The molecule has 0 aliphatic rings. The molecule has 0 fully saturated rings. The van der Waals surface area contributed by atoms with Crippen LogP contribution in [0, 0.1) is 11.3 Å². The Balaban J connectivity index is 1.94. The smallest absolute Gasteiger partial charge is 0.150 e. The van der Waals surface area contributed by atoms with E-state index < -0.39 is 0 Å². The molecule has 0 unspecified atom stereocenters. The zero-order valence-electron chi connectivity index (χ0n) is 10.8. The largest absolute Gasteiger partial charge is 0.343 e. The van der Waals surface area contributed by atoms with Crippen LogP contribution in [0.5, 0.6) is 0 Å². The molecule has 0 spiro atoms. The molecule has 3 nitrogen and oxygen atoms in total. The third kappa shape index (κ3) is 2.19. The van der Waals surface area contributed by atoms with Gasteiger partial charge in [0.15, 0.2) is 0 Å². The van der Waals surface area contributed by atoms with Crippen LogP contribution in [0.1, 0.15) is 21.5 Å². The lowest BCUT2D eigenvalue weighted by Gasteiger charge is -2.06. The van der Waals surface area contributed by atoms with Gasteiger partial charge in [-0.15, -0.1) is 0 Å². The van der Waals surface area contributed by atoms with Gasteiger partial charge in [0.05, 0.1) is 11.6 Å². The average molecular weight is 260 g/mol. The molecule has 0 saturated carbocycles. The number of fused-ring (bicyclic) bond motifs is 1. The molecule has 20 heavy (non-hydrogen) atoms. The van der Waals surface area contributed by atoms with E-state index in [9.17, 15) is 4.79 Å². The van der Waals surface area contributed by atoms with Gasteiger partial charge in [0.1, 0.15) is 6.29 Å². The van der Waals surface area contributed by atoms with Gasteiger partial charge < -0.3 is 4.57 Å². The number of nitriles is 1. The third-order valence-corrected chi connectivity index (χ3v) is 3.37. The van der Waals surface area contributed by atoms with Crippen molar-refractivity contribution in [3.8, 4) is 6.07 Å². The molecule has 0 bridgehead atoms. The fourth-order valence-corrected chi connectivity index (χ4v) is 2.31. The van der Waals surface area contributed by atoms with Crippen LogP contribution >= 0.6 is 0 Å². The van der Waals surface area contributed by atoms with Crippen LogP contribution in [-0.2, 0) is 6.54 Å². The highest BCUT2D eigenvalue weighted by molar-refractivity contribution is 5.87. The van der Waals surface area contributed by atoms with E-state index in [1.165, 1.54) is 0 Å². The first kappa shape index (κ1) is 12.2. The summed E-state index contributed by atoms with van der Waals surface area (Å²) < 4.78 is 2.13. The first-order valence-corrected chi connectivity index (χ1v) is 6.33. The minimum Gasteiger partial charge on any atom is -0.343 e. The molecule has 0 saturated heterocycles. The van der Waals surface area contributed by atoms with Crippen LogP contribution in [0.2, 0.25) is 0 Å². The Hall–Kier alpha value is -2.86. The summed E-state index contributed by atoms with van der Waals surface area (Å²) in [6.45, 7) is 0.746. The van der Waals surface area contributed by atoms with Crippen LogP contribution in [0.4, 0.5) is 0 Å². The van der Waals surface area contributed by atoms with Crippen LogP contribution in [0.25, 0.3) is 10.9 Å². The van der Waals surface area contributed by atoms with Gasteiger partial charge >= 0.3 is 0 Å². The fraction of sp³-hybridized carbons (Fsp3) is 0.0588. The Morgan fingerprint density at radius 2 is 1.90 bits per heavy atom. The summed E-state index contributed by atoms with van der Waals surface area (Å²) >= 11 is 0. The van der Waals surface area contributed by atoms with Gasteiger partial charge in [0.2, 0.25) is 0 Å². The van der Waals surface area contributed by atoms with Gasteiger partial charge in [-0.1, -0.05) is 12.1 Å². The molecule has 1 heterocycles. The number of hydrogen-bond acceptors (Lipinski definition) is 2. The number of carbonyl (C=O) groups excluding carboxylic acids is 1. The first-order valence-electron chi connectivity index (χ1n) is 6.33. The molecular formula is C17H12N2O. The summed E-state index contributed by atoms with van der Waals surface area (Å²) in [7, 11) is 0. The topological polar surface area (TPSA) is 45.8 Å². The van der Waals surface area contributed by atoms with E-state index in [1.54, 1.807) is 0 Å². The Morgan fingerprint density at radius 3 is 2.60 bits per heavy atom. The Morgan fingerprint density at radius 1 is 1.10 bits per heavy atom. The van der Waals surface area contributed by atoms with Gasteiger partial charge in [0.25, 0.3) is 0 Å². The maximum Gasteiger partial charge on any atom is 0.150 e. The Bertz CT molecular complexity index is 807. The van der Waals surface area contributed by atoms with E-state index in [-0.39, 0.29) is 0 Å². The van der Waals surface area contributed by atoms with Crippen molar-refractivity contribution in [1.29, 1.82) is 5.26 Å². The second-order valence-electron chi connectivity index (χ2n) is 4.69. The molecule has 0 amide bonds. The predicted octanol–water partition coefficient (Wildman–Crippen LogP) is 3.37. The van der Waals surface area contributed by atoms with E-state index >= 15 is 0 Å². The monoisotopic (exact) mass is 260 g/mol. The van der Waals surface area contributed by atoms with Crippen molar-refractivity contribution >= 4 is 17.2 Å². The summed E-state index contributed by atoms with van der Waals surface area (Å²) in [4.78, 5) is 10.8. The summed E-state index contributed by atoms with van der Waals surface area (Å²) in [5.41, 5.74) is 3.59. The molecule has 0 radical (unpaired) electrons. The standard InChI is InChI=1S/C17H12N2O/c18-10-13-1-3-14(4-2-13)11-19-8-7-16-9-15(12-20)5-6-17(16)19/h1-9,12H,11H2. The van der Waals surface area contributed by atoms with Crippen molar-refractivity contribution in [2.24, 2.45) is 0 Å². The number of nitrogens with zero attached hydrogens (tertiary/aromatic N) is 2. The summed E-state index contributed by atoms with van der Waals surface area (Å²) in [6, 6.07) is 17.4. The highest BCUT2D eigenvalue weighted by Crippen LogP contribution is 2.18. The second-order valence-corrected chi connectivity index (χ2v) is 4.69. The average Bonchev–Trinajstić information content (AvgIpc) is 2.90. The van der Waals surface area contributed by atoms with Gasteiger partial charge in [0, 0.05) is 29.2 Å². The minimum absolute atomic E-state index is 0.668. The minimum atomic E-state index is 0.668. The summed E-state index contributed by atoms with van der Waals surface area (Å²) in [5.74, 6) is 0. The van der Waals surface area contributed by atoms with Crippen molar-refractivity contribution in [1.82, 2.24) is 4.57 Å². The lowest BCUT2D eigenvalue weighted by Crippen LogP contribution is -1.97. The van der Waals surface area contributed by atoms with Crippen molar-refractivity contribution in [2.75, 3.05) is 0 Å². The van der Waals surface area contributed by atoms with Gasteiger partial charge in [-0.2, -0.15) is 5.26 Å². The second kappa shape index (κ2) is 5.02. The molecule has 0 N–H and O–H groups in total. The summed E-state index contributed by atoms with van der Waals surface area (Å²) in [5, 5.41) is 9.85.